The number of nitrogens with zero attached hydrogens (tertiary/aromatic N) is 2. The van der Waals surface area contributed by atoms with Crippen LogP contribution >= 0.6 is 0 Å². The lowest BCUT2D eigenvalue weighted by Crippen LogP contribution is -2.30. The molecule has 0 bridgehead atoms. The molecule has 0 radical (unpaired) electrons. The van der Waals surface area contributed by atoms with Crippen molar-refractivity contribution in [1.29, 1.82) is 0 Å². The molecule has 1 aromatic rings. The Morgan fingerprint density at radius 2 is 1.71 bits per heavy atom. The highest BCUT2D eigenvalue weighted by atomic mass is 16.3. The number of likely N-dealkylation sites (tertiary alicyclic amines) is 1. The summed E-state index contributed by atoms with van der Waals surface area (Å²) >= 11 is 0. The summed E-state index contributed by atoms with van der Waals surface area (Å²) in [6, 6.07) is 3.65. The minimum atomic E-state index is -0.335. The number of nitrogens with one attached hydrogen (secondary N) is 1. The fraction of sp³-hybridized carbons (Fsp3) is 0.682. The normalized spacial score (nSPS) is 22.4. The van der Waals surface area contributed by atoms with Gasteiger partial charge in [-0.2, -0.15) is 5.10 Å². The molecule has 28 heavy (non-hydrogen) atoms. The van der Waals surface area contributed by atoms with Gasteiger partial charge in [0.1, 0.15) is 5.76 Å². The summed E-state index contributed by atoms with van der Waals surface area (Å²) in [5.74, 6) is 0.255. The third-order valence-electron chi connectivity index (χ3n) is 5.77. The predicted molar refractivity (Wildman–Crippen MR) is 109 cm³/mol. The number of hydrogen-bond donors (Lipinski definition) is 1. The Bertz CT molecular complexity index is 640. The van der Waals surface area contributed by atoms with E-state index in [-0.39, 0.29) is 24.2 Å². The maximum absolute atomic E-state index is 12.5. The Morgan fingerprint density at radius 3 is 2.32 bits per heavy atom. The number of amides is 2. The van der Waals surface area contributed by atoms with E-state index in [4.69, 9.17) is 4.42 Å². The number of carbonyl (C=O) groups is 2. The minimum Gasteiger partial charge on any atom is -0.467 e. The molecular weight excluding hydrogens is 354 g/mol. The standard InChI is InChI=1S/C22H33N3O3/c26-21-15-18(16-25(21)17-20-13-10-14-28-20)22(27)24-23-19-11-8-6-4-2-1-3-5-7-9-12-19/h10,13-14,18H,1-9,11-12,15-17H2,(H,24,27). The van der Waals surface area contributed by atoms with Gasteiger partial charge in [-0.1, -0.05) is 44.9 Å². The van der Waals surface area contributed by atoms with E-state index in [9.17, 15) is 9.59 Å². The highest BCUT2D eigenvalue weighted by molar-refractivity contribution is 5.90. The molecule has 1 aliphatic carbocycles. The molecule has 1 N–H and O–H groups in total. The van der Waals surface area contributed by atoms with Crippen molar-refractivity contribution in [1.82, 2.24) is 10.3 Å². The summed E-state index contributed by atoms with van der Waals surface area (Å²) in [6.45, 7) is 0.848. The van der Waals surface area contributed by atoms with Crippen LogP contribution < -0.4 is 5.43 Å². The molecule has 154 valence electrons. The van der Waals surface area contributed by atoms with Crippen molar-refractivity contribution in [2.45, 2.75) is 83.6 Å². The molecule has 3 rings (SSSR count). The molecule has 1 aromatic heterocycles. The van der Waals surface area contributed by atoms with Gasteiger partial charge < -0.3 is 9.32 Å². The topological polar surface area (TPSA) is 74.9 Å². The zero-order valence-corrected chi connectivity index (χ0v) is 16.8. The molecule has 1 saturated carbocycles. The number of hydrogen-bond acceptors (Lipinski definition) is 4. The Kier molecular flexibility index (Phi) is 8.12. The van der Waals surface area contributed by atoms with Crippen LogP contribution in [0.5, 0.6) is 0 Å². The molecule has 2 heterocycles. The van der Waals surface area contributed by atoms with E-state index in [0.717, 1.165) is 37.2 Å². The molecule has 0 aromatic carbocycles. The smallest absolute Gasteiger partial charge is 0.245 e. The van der Waals surface area contributed by atoms with Crippen LogP contribution in [0.15, 0.2) is 27.9 Å². The molecule has 6 nitrogen and oxygen atoms in total. The summed E-state index contributed by atoms with van der Waals surface area (Å²) < 4.78 is 5.31. The van der Waals surface area contributed by atoms with Gasteiger partial charge in [0.05, 0.1) is 18.7 Å². The van der Waals surface area contributed by atoms with Gasteiger partial charge in [0, 0.05) is 18.7 Å². The molecule has 1 atom stereocenters. The fourth-order valence-electron chi connectivity index (χ4n) is 4.05. The van der Waals surface area contributed by atoms with Crippen LogP contribution in [0.4, 0.5) is 0 Å². The fourth-order valence-corrected chi connectivity index (χ4v) is 4.05. The summed E-state index contributed by atoms with van der Waals surface area (Å²) in [5, 5.41) is 4.45. The zero-order valence-electron chi connectivity index (χ0n) is 16.8. The van der Waals surface area contributed by atoms with Crippen molar-refractivity contribution in [3.8, 4) is 0 Å². The van der Waals surface area contributed by atoms with Gasteiger partial charge in [-0.3, -0.25) is 9.59 Å². The van der Waals surface area contributed by atoms with Gasteiger partial charge in [0.25, 0.3) is 0 Å². The van der Waals surface area contributed by atoms with Crippen LogP contribution in [-0.2, 0) is 16.1 Å². The van der Waals surface area contributed by atoms with Gasteiger partial charge >= 0.3 is 0 Å². The number of rotatable bonds is 4. The third kappa shape index (κ3) is 6.50. The average Bonchev–Trinajstić information content (AvgIpc) is 3.32. The first-order valence-electron chi connectivity index (χ1n) is 10.9. The van der Waals surface area contributed by atoms with E-state index >= 15 is 0 Å². The van der Waals surface area contributed by atoms with Gasteiger partial charge in [-0.05, 0) is 37.8 Å². The highest BCUT2D eigenvalue weighted by Gasteiger charge is 2.34. The lowest BCUT2D eigenvalue weighted by atomic mass is 10.00. The Labute approximate surface area is 167 Å². The van der Waals surface area contributed by atoms with Crippen LogP contribution in [-0.4, -0.2) is 29.0 Å². The number of furan rings is 1. The molecule has 1 aliphatic heterocycles. The molecule has 1 saturated heterocycles. The largest absolute Gasteiger partial charge is 0.467 e. The molecule has 2 amide bonds. The molecule has 0 spiro atoms. The SMILES string of the molecule is O=C(NN=C1CCCCCCCCCCC1)C1CC(=O)N(Cc2ccco2)C1. The Hall–Kier alpha value is -2.11. The second-order valence-electron chi connectivity index (χ2n) is 8.09. The molecular formula is C22H33N3O3. The summed E-state index contributed by atoms with van der Waals surface area (Å²) in [7, 11) is 0. The predicted octanol–water partition coefficient (Wildman–Crippen LogP) is 4.41. The summed E-state index contributed by atoms with van der Waals surface area (Å²) in [5.41, 5.74) is 3.86. The maximum atomic E-state index is 12.5. The maximum Gasteiger partial charge on any atom is 0.245 e. The van der Waals surface area contributed by atoms with Crippen molar-refractivity contribution < 1.29 is 14.0 Å². The van der Waals surface area contributed by atoms with E-state index in [1.165, 1.54) is 44.9 Å². The van der Waals surface area contributed by atoms with E-state index in [2.05, 4.69) is 10.5 Å². The van der Waals surface area contributed by atoms with E-state index < -0.39 is 0 Å². The minimum absolute atomic E-state index is 0.00444. The monoisotopic (exact) mass is 387 g/mol. The number of hydrazone groups is 1. The molecule has 1 unspecified atom stereocenters. The Morgan fingerprint density at radius 1 is 1.07 bits per heavy atom. The molecule has 2 aliphatic rings. The first-order valence-corrected chi connectivity index (χ1v) is 10.9. The van der Waals surface area contributed by atoms with Crippen molar-refractivity contribution in [3.05, 3.63) is 24.2 Å². The van der Waals surface area contributed by atoms with Crippen molar-refractivity contribution in [3.63, 3.8) is 0 Å². The zero-order chi connectivity index (χ0) is 19.6. The van der Waals surface area contributed by atoms with Crippen LogP contribution in [0.25, 0.3) is 0 Å². The quantitative estimate of drug-likeness (QED) is 0.778. The average molecular weight is 388 g/mol. The van der Waals surface area contributed by atoms with Gasteiger partial charge in [0.15, 0.2) is 0 Å². The molecule has 6 heteroatoms. The van der Waals surface area contributed by atoms with Crippen molar-refractivity contribution in [2.75, 3.05) is 6.54 Å². The number of carbonyl (C=O) groups excluding carboxylic acids is 2. The van der Waals surface area contributed by atoms with Gasteiger partial charge in [-0.15, -0.1) is 0 Å². The first-order chi connectivity index (χ1) is 13.7. The second kappa shape index (κ2) is 11.0. The second-order valence-corrected chi connectivity index (χ2v) is 8.09. The third-order valence-corrected chi connectivity index (χ3v) is 5.77. The summed E-state index contributed by atoms with van der Waals surface area (Å²) in [4.78, 5) is 26.4. The van der Waals surface area contributed by atoms with E-state index in [1.807, 2.05) is 6.07 Å². The van der Waals surface area contributed by atoms with Gasteiger partial charge in [0.2, 0.25) is 11.8 Å². The van der Waals surface area contributed by atoms with Crippen molar-refractivity contribution in [2.24, 2.45) is 11.0 Å². The highest BCUT2D eigenvalue weighted by Crippen LogP contribution is 2.21. The van der Waals surface area contributed by atoms with Crippen LogP contribution in [0.2, 0.25) is 0 Å². The lowest BCUT2D eigenvalue weighted by Gasteiger charge is -2.14. The first kappa shape index (κ1) is 20.6. The lowest BCUT2D eigenvalue weighted by molar-refractivity contribution is -0.129. The van der Waals surface area contributed by atoms with Crippen LogP contribution in [0.1, 0.15) is 82.8 Å². The van der Waals surface area contributed by atoms with Crippen LogP contribution in [0, 0.1) is 5.92 Å². The van der Waals surface area contributed by atoms with E-state index in [0.29, 0.717) is 13.1 Å². The van der Waals surface area contributed by atoms with Crippen molar-refractivity contribution >= 4 is 17.5 Å². The van der Waals surface area contributed by atoms with Gasteiger partial charge in [-0.25, -0.2) is 5.43 Å². The Balaban J connectivity index is 1.48. The van der Waals surface area contributed by atoms with E-state index in [1.54, 1.807) is 17.2 Å². The summed E-state index contributed by atoms with van der Waals surface area (Å²) in [6.07, 6.45) is 15.2. The molecule has 2 fully saturated rings. The van der Waals surface area contributed by atoms with Crippen LogP contribution in [0.3, 0.4) is 0 Å².